The topological polar surface area (TPSA) is 99.6 Å². The number of benzene rings is 2. The maximum absolute atomic E-state index is 13.1. The summed E-state index contributed by atoms with van der Waals surface area (Å²) in [5.74, 6) is 1.10. The summed E-state index contributed by atoms with van der Waals surface area (Å²) in [5, 5.41) is 12.7. The Morgan fingerprint density at radius 1 is 1.09 bits per heavy atom. The van der Waals surface area contributed by atoms with Crippen LogP contribution in [0.1, 0.15) is 36.2 Å². The van der Waals surface area contributed by atoms with Gasteiger partial charge in [0.1, 0.15) is 0 Å². The van der Waals surface area contributed by atoms with Gasteiger partial charge in [0.25, 0.3) is 11.6 Å². The van der Waals surface area contributed by atoms with E-state index in [0.29, 0.717) is 49.0 Å². The van der Waals surface area contributed by atoms with Gasteiger partial charge in [-0.15, -0.1) is 11.8 Å². The van der Waals surface area contributed by atoms with Crippen LogP contribution in [-0.4, -0.2) is 63.5 Å². The largest absolute Gasteiger partial charge is 0.361 e. The van der Waals surface area contributed by atoms with E-state index in [1.807, 2.05) is 30.5 Å². The van der Waals surface area contributed by atoms with Crippen LogP contribution in [0.4, 0.5) is 5.69 Å². The van der Waals surface area contributed by atoms with Gasteiger partial charge in [-0.2, -0.15) is 0 Å². The molecule has 8 nitrogen and oxygen atoms in total. The number of hydrogen-bond donors (Lipinski definition) is 1. The van der Waals surface area contributed by atoms with Crippen molar-refractivity contribution in [2.45, 2.75) is 31.6 Å². The molecule has 0 atom stereocenters. The van der Waals surface area contributed by atoms with Crippen LogP contribution in [-0.2, 0) is 11.2 Å². The molecular weight excluding hydrogens is 464 g/mol. The molecule has 1 aliphatic rings. The summed E-state index contributed by atoms with van der Waals surface area (Å²) in [6.07, 6.45) is 3.14. The van der Waals surface area contributed by atoms with Crippen LogP contribution in [0.5, 0.6) is 0 Å². The molecule has 0 saturated carbocycles. The first-order valence-corrected chi connectivity index (χ1v) is 12.9. The molecule has 0 aliphatic carbocycles. The van der Waals surface area contributed by atoms with E-state index in [1.54, 1.807) is 21.9 Å². The molecule has 0 bridgehead atoms. The van der Waals surface area contributed by atoms with Gasteiger partial charge in [-0.25, -0.2) is 0 Å². The Bertz CT molecular complexity index is 1230. The predicted molar refractivity (Wildman–Crippen MR) is 138 cm³/mol. The summed E-state index contributed by atoms with van der Waals surface area (Å²) >= 11 is 1.45. The quantitative estimate of drug-likeness (QED) is 0.277. The van der Waals surface area contributed by atoms with E-state index in [4.69, 9.17) is 0 Å². The van der Waals surface area contributed by atoms with Crippen molar-refractivity contribution < 1.29 is 14.5 Å². The van der Waals surface area contributed by atoms with Crippen molar-refractivity contribution in [3.8, 4) is 0 Å². The molecule has 0 spiro atoms. The van der Waals surface area contributed by atoms with Crippen LogP contribution < -0.4 is 0 Å². The number of nitrogens with zero attached hydrogens (tertiary/aromatic N) is 3. The Labute approximate surface area is 208 Å². The Morgan fingerprint density at radius 2 is 1.80 bits per heavy atom. The van der Waals surface area contributed by atoms with Gasteiger partial charge in [0, 0.05) is 54.9 Å². The first-order chi connectivity index (χ1) is 16.8. The van der Waals surface area contributed by atoms with E-state index >= 15 is 0 Å². The molecule has 35 heavy (non-hydrogen) atoms. The molecule has 3 aromatic rings. The third kappa shape index (κ3) is 5.85. The molecule has 2 aromatic carbocycles. The smallest absolute Gasteiger partial charge is 0.283 e. The second-order valence-corrected chi connectivity index (χ2v) is 10.3. The van der Waals surface area contributed by atoms with Gasteiger partial charge in [-0.3, -0.25) is 19.7 Å². The number of thioether (sulfide) groups is 1. The molecule has 0 unspecified atom stereocenters. The fourth-order valence-corrected chi connectivity index (χ4v) is 5.47. The Balaban J connectivity index is 1.36. The zero-order valence-electron chi connectivity index (χ0n) is 20.0. The number of nitro benzene ring substituents is 1. The number of amides is 2. The van der Waals surface area contributed by atoms with Gasteiger partial charge in [-0.1, -0.05) is 32.0 Å². The average molecular weight is 495 g/mol. The molecule has 0 radical (unpaired) electrons. The summed E-state index contributed by atoms with van der Waals surface area (Å²) in [6, 6.07) is 12.6. The molecule has 1 aliphatic heterocycles. The second-order valence-electron chi connectivity index (χ2n) is 9.18. The number of nitro groups is 1. The van der Waals surface area contributed by atoms with Crippen molar-refractivity contribution in [3.63, 3.8) is 0 Å². The molecule has 184 valence electrons. The fraction of sp³-hybridized carbons (Fsp3) is 0.385. The number of piperazine rings is 1. The molecule has 1 aromatic heterocycles. The van der Waals surface area contributed by atoms with Crippen molar-refractivity contribution in [1.82, 2.24) is 14.8 Å². The van der Waals surface area contributed by atoms with Gasteiger partial charge in [0.05, 0.1) is 16.2 Å². The molecular formula is C26H30N4O4S. The van der Waals surface area contributed by atoms with Gasteiger partial charge >= 0.3 is 0 Å². The van der Waals surface area contributed by atoms with Crippen LogP contribution in [0, 0.1) is 16.0 Å². The summed E-state index contributed by atoms with van der Waals surface area (Å²) in [7, 11) is 0. The van der Waals surface area contributed by atoms with E-state index in [9.17, 15) is 19.7 Å². The summed E-state index contributed by atoms with van der Waals surface area (Å²) in [4.78, 5) is 44.4. The number of hydrogen-bond acceptors (Lipinski definition) is 5. The Morgan fingerprint density at radius 3 is 2.51 bits per heavy atom. The third-order valence-electron chi connectivity index (χ3n) is 6.29. The van der Waals surface area contributed by atoms with Crippen LogP contribution >= 0.6 is 11.8 Å². The number of aromatic amines is 1. The molecule has 2 heterocycles. The van der Waals surface area contributed by atoms with E-state index in [1.165, 1.54) is 17.8 Å². The zero-order valence-corrected chi connectivity index (χ0v) is 20.8. The number of carbonyl (C=O) groups is 2. The van der Waals surface area contributed by atoms with E-state index in [-0.39, 0.29) is 17.5 Å². The van der Waals surface area contributed by atoms with E-state index in [2.05, 4.69) is 18.8 Å². The summed E-state index contributed by atoms with van der Waals surface area (Å²) in [5.41, 5.74) is 2.24. The van der Waals surface area contributed by atoms with Crippen LogP contribution in [0.3, 0.4) is 0 Å². The number of H-pyrrole nitrogens is 1. The van der Waals surface area contributed by atoms with Crippen LogP contribution in [0.15, 0.2) is 53.6 Å². The summed E-state index contributed by atoms with van der Waals surface area (Å²) < 4.78 is 0. The second kappa shape index (κ2) is 10.9. The lowest BCUT2D eigenvalue weighted by Crippen LogP contribution is -2.51. The number of aromatic nitrogens is 1. The highest BCUT2D eigenvalue weighted by molar-refractivity contribution is 7.99. The average Bonchev–Trinajstić information content (AvgIpc) is 3.26. The van der Waals surface area contributed by atoms with Crippen molar-refractivity contribution in [1.29, 1.82) is 0 Å². The normalized spacial score (nSPS) is 14.0. The van der Waals surface area contributed by atoms with Crippen molar-refractivity contribution in [3.05, 3.63) is 69.9 Å². The first-order valence-electron chi connectivity index (χ1n) is 11.9. The van der Waals surface area contributed by atoms with Crippen molar-refractivity contribution in [2.24, 2.45) is 5.92 Å². The van der Waals surface area contributed by atoms with Gasteiger partial charge in [0.2, 0.25) is 5.91 Å². The molecule has 1 fully saturated rings. The predicted octanol–water partition coefficient (Wildman–Crippen LogP) is 4.74. The molecule has 4 rings (SSSR count). The number of nitrogens with one attached hydrogen (secondary N) is 1. The Kier molecular flexibility index (Phi) is 7.75. The SMILES string of the molecule is CC(C)CCSc1ccc(C(=O)N2CCN(C(=O)Cc3c[nH]c4ccccc34)CC2)cc1[N+](=O)[O-]. The molecule has 2 amide bonds. The number of rotatable bonds is 8. The minimum atomic E-state index is -0.421. The lowest BCUT2D eigenvalue weighted by molar-refractivity contribution is -0.387. The maximum Gasteiger partial charge on any atom is 0.283 e. The highest BCUT2D eigenvalue weighted by Crippen LogP contribution is 2.31. The molecule has 1 saturated heterocycles. The number of para-hydroxylation sites is 1. The summed E-state index contributed by atoms with van der Waals surface area (Å²) in [6.45, 7) is 5.92. The van der Waals surface area contributed by atoms with Gasteiger partial charge in [-0.05, 0) is 41.9 Å². The zero-order chi connectivity index (χ0) is 24.9. The first kappa shape index (κ1) is 24.8. The molecule has 9 heteroatoms. The standard InChI is InChI=1S/C26H30N4O4S/c1-18(2)9-14-35-24-8-7-19(15-23(24)30(33)34)26(32)29-12-10-28(11-13-29)25(31)16-20-17-27-22-6-4-3-5-21(20)22/h3-8,15,17-18,27H,9-14,16H2,1-2H3. The number of carbonyl (C=O) groups excluding carboxylic acids is 2. The lowest BCUT2D eigenvalue weighted by Gasteiger charge is -2.35. The monoisotopic (exact) mass is 494 g/mol. The third-order valence-corrected chi connectivity index (χ3v) is 7.39. The number of fused-ring (bicyclic) bond motifs is 1. The van der Waals surface area contributed by atoms with Crippen molar-refractivity contribution in [2.75, 3.05) is 31.9 Å². The van der Waals surface area contributed by atoms with Crippen LogP contribution in [0.2, 0.25) is 0 Å². The van der Waals surface area contributed by atoms with E-state index in [0.717, 1.165) is 28.6 Å². The maximum atomic E-state index is 13.1. The fourth-order valence-electron chi connectivity index (χ4n) is 4.21. The minimum absolute atomic E-state index is 0.0280. The van der Waals surface area contributed by atoms with Gasteiger partial charge in [0.15, 0.2) is 0 Å². The highest BCUT2D eigenvalue weighted by Gasteiger charge is 2.27. The molecule has 1 N–H and O–H groups in total. The minimum Gasteiger partial charge on any atom is -0.361 e. The lowest BCUT2D eigenvalue weighted by atomic mass is 10.1. The van der Waals surface area contributed by atoms with Gasteiger partial charge < -0.3 is 14.8 Å². The van der Waals surface area contributed by atoms with E-state index < -0.39 is 4.92 Å². The van der Waals surface area contributed by atoms with Crippen molar-refractivity contribution >= 4 is 40.2 Å². The highest BCUT2D eigenvalue weighted by atomic mass is 32.2. The van der Waals surface area contributed by atoms with Crippen LogP contribution in [0.25, 0.3) is 10.9 Å². The Hall–Kier alpha value is -3.33.